The lowest BCUT2D eigenvalue weighted by atomic mass is 10.3. The number of rotatable bonds is 3. The lowest BCUT2D eigenvalue weighted by Crippen LogP contribution is -1.99. The van der Waals surface area contributed by atoms with Crippen molar-refractivity contribution in [1.29, 1.82) is 0 Å². The number of aromatic nitrogens is 6. The molecule has 4 aromatic rings. The molecule has 0 aromatic carbocycles. The third-order valence-electron chi connectivity index (χ3n) is 3.40. The summed E-state index contributed by atoms with van der Waals surface area (Å²) in [4.78, 5) is 8.89. The molecule has 0 spiro atoms. The van der Waals surface area contributed by atoms with Crippen molar-refractivity contribution in [2.24, 2.45) is 0 Å². The highest BCUT2D eigenvalue weighted by Gasteiger charge is 2.15. The minimum Gasteiger partial charge on any atom is -0.333 e. The molecule has 22 heavy (non-hydrogen) atoms. The van der Waals surface area contributed by atoms with Crippen molar-refractivity contribution in [3.63, 3.8) is 0 Å². The van der Waals surface area contributed by atoms with Crippen molar-refractivity contribution in [2.75, 3.05) is 0 Å². The van der Waals surface area contributed by atoms with Crippen LogP contribution in [0.2, 0.25) is 0 Å². The van der Waals surface area contributed by atoms with Crippen molar-refractivity contribution in [2.45, 2.75) is 19.9 Å². The molecule has 0 saturated carbocycles. The predicted molar refractivity (Wildman–Crippen MR) is 80.1 cm³/mol. The molecule has 0 amide bonds. The Hall–Kier alpha value is -2.96. The smallest absolute Gasteiger partial charge is 0.261 e. The van der Waals surface area contributed by atoms with Gasteiger partial charge >= 0.3 is 0 Å². The summed E-state index contributed by atoms with van der Waals surface area (Å²) < 4.78 is 9.10. The SMILES string of the molecule is CC(C)n1cc(-c2nc(-c3cn4ccccc4n3)no2)cn1. The van der Waals surface area contributed by atoms with Crippen LogP contribution in [0.15, 0.2) is 47.5 Å². The fourth-order valence-electron chi connectivity index (χ4n) is 2.22. The van der Waals surface area contributed by atoms with Crippen LogP contribution in [-0.2, 0) is 0 Å². The van der Waals surface area contributed by atoms with E-state index in [1.165, 1.54) is 0 Å². The van der Waals surface area contributed by atoms with Crippen LogP contribution in [0.25, 0.3) is 28.6 Å². The van der Waals surface area contributed by atoms with Crippen LogP contribution < -0.4 is 0 Å². The molecule has 0 aliphatic carbocycles. The molecule has 0 fully saturated rings. The molecule has 0 aliphatic heterocycles. The highest BCUT2D eigenvalue weighted by molar-refractivity contribution is 5.58. The van der Waals surface area contributed by atoms with E-state index < -0.39 is 0 Å². The maximum atomic E-state index is 5.33. The number of nitrogens with zero attached hydrogens (tertiary/aromatic N) is 6. The summed E-state index contributed by atoms with van der Waals surface area (Å²) >= 11 is 0. The van der Waals surface area contributed by atoms with Gasteiger partial charge in [0.15, 0.2) is 0 Å². The second-order valence-electron chi connectivity index (χ2n) is 5.32. The van der Waals surface area contributed by atoms with E-state index in [2.05, 4.69) is 34.1 Å². The van der Waals surface area contributed by atoms with Gasteiger partial charge in [-0.3, -0.25) is 4.68 Å². The third kappa shape index (κ3) is 2.07. The van der Waals surface area contributed by atoms with E-state index in [1.807, 2.05) is 45.9 Å². The predicted octanol–water partition coefficient (Wildman–Crippen LogP) is 2.83. The molecule has 0 saturated heterocycles. The van der Waals surface area contributed by atoms with E-state index in [4.69, 9.17) is 4.52 Å². The lowest BCUT2D eigenvalue weighted by molar-refractivity contribution is 0.432. The van der Waals surface area contributed by atoms with Crippen LogP contribution in [0.5, 0.6) is 0 Å². The molecule has 4 heterocycles. The Morgan fingerprint density at radius 3 is 2.82 bits per heavy atom. The molecule has 0 N–H and O–H groups in total. The topological polar surface area (TPSA) is 74.0 Å². The minimum atomic E-state index is 0.287. The van der Waals surface area contributed by atoms with E-state index in [0.29, 0.717) is 17.4 Å². The summed E-state index contributed by atoms with van der Waals surface area (Å²) in [5.41, 5.74) is 2.32. The molecule has 7 nitrogen and oxygen atoms in total. The average molecular weight is 294 g/mol. The molecule has 110 valence electrons. The molecule has 4 rings (SSSR count). The zero-order valence-electron chi connectivity index (χ0n) is 12.2. The van der Waals surface area contributed by atoms with Crippen molar-refractivity contribution in [3.05, 3.63) is 43.0 Å². The molecule has 7 heteroatoms. The Morgan fingerprint density at radius 1 is 1.14 bits per heavy atom. The Bertz CT molecular complexity index is 899. The Labute approximate surface area is 126 Å². The maximum absolute atomic E-state index is 5.33. The first-order valence-corrected chi connectivity index (χ1v) is 7.03. The van der Waals surface area contributed by atoms with Gasteiger partial charge < -0.3 is 8.92 Å². The van der Waals surface area contributed by atoms with Crippen molar-refractivity contribution in [3.8, 4) is 23.0 Å². The van der Waals surface area contributed by atoms with Crippen LogP contribution >= 0.6 is 0 Å². The van der Waals surface area contributed by atoms with E-state index in [-0.39, 0.29) is 6.04 Å². The summed E-state index contributed by atoms with van der Waals surface area (Å²) in [6.07, 6.45) is 7.42. The number of fused-ring (bicyclic) bond motifs is 1. The first-order chi connectivity index (χ1) is 10.7. The number of pyridine rings is 1. The van der Waals surface area contributed by atoms with Crippen LogP contribution in [-0.4, -0.2) is 29.3 Å². The summed E-state index contributed by atoms with van der Waals surface area (Å²) in [6.45, 7) is 4.12. The second kappa shape index (κ2) is 4.80. The average Bonchev–Trinajstić information content (AvgIpc) is 3.24. The minimum absolute atomic E-state index is 0.287. The number of hydrogen-bond acceptors (Lipinski definition) is 5. The summed E-state index contributed by atoms with van der Waals surface area (Å²) in [7, 11) is 0. The van der Waals surface area contributed by atoms with Gasteiger partial charge in [-0.15, -0.1) is 0 Å². The Kier molecular flexibility index (Phi) is 2.78. The van der Waals surface area contributed by atoms with E-state index in [0.717, 1.165) is 11.2 Å². The van der Waals surface area contributed by atoms with Gasteiger partial charge in [-0.05, 0) is 26.0 Å². The van der Waals surface area contributed by atoms with Gasteiger partial charge in [-0.25, -0.2) is 4.98 Å². The fraction of sp³-hybridized carbons (Fsp3) is 0.200. The first kappa shape index (κ1) is 12.8. The number of hydrogen-bond donors (Lipinski definition) is 0. The van der Waals surface area contributed by atoms with Crippen LogP contribution in [0.1, 0.15) is 19.9 Å². The molecule has 4 aromatic heterocycles. The second-order valence-corrected chi connectivity index (χ2v) is 5.32. The monoisotopic (exact) mass is 294 g/mol. The highest BCUT2D eigenvalue weighted by atomic mass is 16.5. The molecule has 0 radical (unpaired) electrons. The van der Waals surface area contributed by atoms with Gasteiger partial charge in [-0.1, -0.05) is 11.2 Å². The molecule has 0 unspecified atom stereocenters. The van der Waals surface area contributed by atoms with Gasteiger partial charge in [0.25, 0.3) is 5.89 Å². The van der Waals surface area contributed by atoms with Crippen molar-refractivity contribution >= 4 is 5.65 Å². The zero-order valence-corrected chi connectivity index (χ0v) is 12.2. The van der Waals surface area contributed by atoms with Gasteiger partial charge in [0.1, 0.15) is 11.3 Å². The molecule has 0 bridgehead atoms. The van der Waals surface area contributed by atoms with Crippen molar-refractivity contribution < 1.29 is 4.52 Å². The quantitative estimate of drug-likeness (QED) is 0.581. The third-order valence-corrected chi connectivity index (χ3v) is 3.40. The normalized spacial score (nSPS) is 11.6. The van der Waals surface area contributed by atoms with Crippen LogP contribution in [0.3, 0.4) is 0 Å². The maximum Gasteiger partial charge on any atom is 0.261 e. The zero-order chi connectivity index (χ0) is 15.1. The van der Waals surface area contributed by atoms with Gasteiger partial charge in [0.2, 0.25) is 5.82 Å². The fourth-order valence-corrected chi connectivity index (χ4v) is 2.22. The van der Waals surface area contributed by atoms with Gasteiger partial charge in [0, 0.05) is 24.6 Å². The van der Waals surface area contributed by atoms with Gasteiger partial charge in [-0.2, -0.15) is 10.1 Å². The Balaban J connectivity index is 1.70. The van der Waals surface area contributed by atoms with Gasteiger partial charge in [0.05, 0.1) is 11.8 Å². The first-order valence-electron chi connectivity index (χ1n) is 7.03. The molecule has 0 aliphatic rings. The van der Waals surface area contributed by atoms with E-state index in [9.17, 15) is 0 Å². The summed E-state index contributed by atoms with van der Waals surface area (Å²) in [5.74, 6) is 0.912. The molecular weight excluding hydrogens is 280 g/mol. The summed E-state index contributed by atoms with van der Waals surface area (Å²) in [6, 6.07) is 6.10. The Morgan fingerprint density at radius 2 is 2.05 bits per heavy atom. The van der Waals surface area contributed by atoms with Crippen LogP contribution in [0, 0.1) is 0 Å². The van der Waals surface area contributed by atoms with Crippen LogP contribution in [0.4, 0.5) is 0 Å². The largest absolute Gasteiger partial charge is 0.333 e. The lowest BCUT2D eigenvalue weighted by Gasteiger charge is -2.02. The molecule has 0 atom stereocenters. The highest BCUT2D eigenvalue weighted by Crippen LogP contribution is 2.22. The van der Waals surface area contributed by atoms with E-state index >= 15 is 0 Å². The molecular formula is C15H14N6O. The summed E-state index contributed by atoms with van der Waals surface area (Å²) in [5, 5.41) is 8.29. The standard InChI is InChI=1S/C15H14N6O/c1-10(2)21-8-11(7-16-21)15-18-14(19-22-15)12-9-20-6-4-3-5-13(20)17-12/h3-10H,1-2H3. The number of imidazole rings is 1. The van der Waals surface area contributed by atoms with E-state index in [1.54, 1.807) is 6.20 Å². The van der Waals surface area contributed by atoms with Crippen molar-refractivity contribution in [1.82, 2.24) is 29.3 Å².